The number of nitrogens with one attached hydrogen (secondary N) is 1. The van der Waals surface area contributed by atoms with E-state index in [2.05, 4.69) is 46.3 Å². The largest absolute Gasteiger partial charge is 0.338 e. The highest BCUT2D eigenvalue weighted by Crippen LogP contribution is 2.31. The van der Waals surface area contributed by atoms with E-state index in [0.29, 0.717) is 18.3 Å². The van der Waals surface area contributed by atoms with Crippen LogP contribution in [0, 0.1) is 6.92 Å². The molecule has 0 bridgehead atoms. The lowest BCUT2D eigenvalue weighted by Gasteiger charge is -2.31. The fourth-order valence-corrected chi connectivity index (χ4v) is 4.42. The summed E-state index contributed by atoms with van der Waals surface area (Å²) in [7, 11) is 0. The monoisotopic (exact) mass is 369 g/mol. The van der Waals surface area contributed by atoms with Crippen LogP contribution in [-0.2, 0) is 0 Å². The van der Waals surface area contributed by atoms with E-state index in [1.807, 2.05) is 11.8 Å². The predicted octanol–water partition coefficient (Wildman–Crippen LogP) is 2.12. The summed E-state index contributed by atoms with van der Waals surface area (Å²) in [6.45, 7) is 3.38. The van der Waals surface area contributed by atoms with Crippen molar-refractivity contribution in [3.8, 4) is 0 Å². The Morgan fingerprint density at radius 1 is 1.27 bits per heavy atom. The number of carbonyl (C=O) groups excluding carboxylic acids is 1. The number of hydrogen-bond donors (Lipinski definition) is 1. The van der Waals surface area contributed by atoms with E-state index in [-0.39, 0.29) is 17.2 Å². The van der Waals surface area contributed by atoms with Crippen molar-refractivity contribution in [3.63, 3.8) is 0 Å². The fourth-order valence-electron chi connectivity index (χ4n) is 3.17. The SMILES string of the molecule is Cc1cccc(SC2CCN(C(=O)c3cnc4nc[nH]n4c3=O)CC2)c1. The minimum Gasteiger partial charge on any atom is -0.338 e. The van der Waals surface area contributed by atoms with Gasteiger partial charge in [-0.15, -0.1) is 11.8 Å². The number of thioether (sulfide) groups is 1. The molecule has 0 aliphatic carbocycles. The Kier molecular flexibility index (Phi) is 4.50. The van der Waals surface area contributed by atoms with Crippen LogP contribution in [0.5, 0.6) is 0 Å². The van der Waals surface area contributed by atoms with E-state index in [1.54, 1.807) is 4.90 Å². The topological polar surface area (TPSA) is 83.4 Å². The second-order valence-corrected chi connectivity index (χ2v) is 7.80. The summed E-state index contributed by atoms with van der Waals surface area (Å²) in [6.07, 6.45) is 4.53. The van der Waals surface area contributed by atoms with Gasteiger partial charge in [0.25, 0.3) is 17.2 Å². The molecular weight excluding hydrogens is 350 g/mol. The van der Waals surface area contributed by atoms with Crippen molar-refractivity contribution < 1.29 is 4.79 Å². The van der Waals surface area contributed by atoms with Crippen LogP contribution >= 0.6 is 11.8 Å². The number of benzene rings is 1. The predicted molar refractivity (Wildman–Crippen MR) is 99.6 cm³/mol. The Labute approximate surface area is 154 Å². The maximum absolute atomic E-state index is 12.7. The quantitative estimate of drug-likeness (QED) is 0.765. The number of amides is 1. The molecule has 3 aromatic rings. The van der Waals surface area contributed by atoms with Crippen LogP contribution in [0.15, 0.2) is 46.5 Å². The Hall–Kier alpha value is -2.61. The third kappa shape index (κ3) is 3.24. The molecular formula is C18H19N5O2S. The van der Waals surface area contributed by atoms with Gasteiger partial charge in [-0.05, 0) is 31.9 Å². The third-order valence-corrected chi connectivity index (χ3v) is 5.89. The van der Waals surface area contributed by atoms with E-state index >= 15 is 0 Å². The number of piperidine rings is 1. The minimum atomic E-state index is -0.409. The standard InChI is InChI=1S/C18H19N5O2S/c1-12-3-2-4-14(9-12)26-13-5-7-22(8-6-13)16(24)15-10-19-18-20-11-21-23(18)17(15)25/h2-4,9-11,13H,5-8H2,1H3,(H,19,20,21). The summed E-state index contributed by atoms with van der Waals surface area (Å²) >= 11 is 1.87. The first-order chi connectivity index (χ1) is 12.6. The lowest BCUT2D eigenvalue weighted by Crippen LogP contribution is -2.41. The summed E-state index contributed by atoms with van der Waals surface area (Å²) in [5.41, 5.74) is 0.926. The van der Waals surface area contributed by atoms with E-state index in [0.717, 1.165) is 12.8 Å². The molecule has 0 radical (unpaired) electrons. The van der Waals surface area contributed by atoms with Crippen molar-refractivity contribution in [2.24, 2.45) is 0 Å². The summed E-state index contributed by atoms with van der Waals surface area (Å²) < 4.78 is 1.19. The first-order valence-corrected chi connectivity index (χ1v) is 9.43. The highest BCUT2D eigenvalue weighted by molar-refractivity contribution is 8.00. The van der Waals surface area contributed by atoms with Crippen LogP contribution in [0.25, 0.3) is 5.78 Å². The molecule has 0 atom stereocenters. The molecule has 8 heteroatoms. The number of aromatic amines is 1. The van der Waals surface area contributed by atoms with Crippen LogP contribution in [0.2, 0.25) is 0 Å². The smallest absolute Gasteiger partial charge is 0.286 e. The van der Waals surface area contributed by atoms with Gasteiger partial charge >= 0.3 is 0 Å². The highest BCUT2D eigenvalue weighted by atomic mass is 32.2. The van der Waals surface area contributed by atoms with Crippen LogP contribution in [0.3, 0.4) is 0 Å². The van der Waals surface area contributed by atoms with Gasteiger partial charge in [-0.25, -0.2) is 9.97 Å². The molecule has 1 fully saturated rings. The van der Waals surface area contributed by atoms with Crippen molar-refractivity contribution in [2.45, 2.75) is 29.9 Å². The van der Waals surface area contributed by atoms with Crippen molar-refractivity contribution in [3.05, 3.63) is 58.3 Å². The number of aromatic nitrogens is 4. The number of hydrogen-bond acceptors (Lipinski definition) is 5. The zero-order valence-electron chi connectivity index (χ0n) is 14.4. The van der Waals surface area contributed by atoms with E-state index in [1.165, 1.54) is 27.5 Å². The number of fused-ring (bicyclic) bond motifs is 1. The molecule has 4 rings (SSSR count). The average molecular weight is 369 g/mol. The van der Waals surface area contributed by atoms with Gasteiger partial charge in [0, 0.05) is 29.4 Å². The first-order valence-electron chi connectivity index (χ1n) is 8.55. The molecule has 1 aliphatic heterocycles. The lowest BCUT2D eigenvalue weighted by atomic mass is 10.1. The summed E-state index contributed by atoms with van der Waals surface area (Å²) in [5.74, 6) is 0.00492. The Balaban J connectivity index is 1.43. The third-order valence-electron chi connectivity index (χ3n) is 4.56. The number of carbonyl (C=O) groups is 1. The lowest BCUT2D eigenvalue weighted by molar-refractivity contribution is 0.0725. The zero-order valence-corrected chi connectivity index (χ0v) is 15.2. The average Bonchev–Trinajstić information content (AvgIpc) is 3.12. The molecule has 26 heavy (non-hydrogen) atoms. The summed E-state index contributed by atoms with van der Waals surface area (Å²) in [5, 5.41) is 3.16. The molecule has 0 unspecified atom stereocenters. The second kappa shape index (κ2) is 6.95. The molecule has 0 saturated carbocycles. The van der Waals surface area contributed by atoms with Crippen LogP contribution in [-0.4, -0.2) is 48.7 Å². The summed E-state index contributed by atoms with van der Waals surface area (Å²) in [4.78, 5) is 36.1. The normalized spacial score (nSPS) is 15.5. The van der Waals surface area contributed by atoms with Gasteiger partial charge < -0.3 is 4.90 Å². The molecule has 1 N–H and O–H groups in total. The molecule has 0 spiro atoms. The number of H-pyrrole nitrogens is 1. The first kappa shape index (κ1) is 16.8. The van der Waals surface area contributed by atoms with Crippen molar-refractivity contribution in [1.82, 2.24) is 24.5 Å². The number of aryl methyl sites for hydroxylation is 1. The summed E-state index contributed by atoms with van der Waals surface area (Å²) in [6, 6.07) is 8.48. The van der Waals surface area contributed by atoms with Gasteiger partial charge in [-0.1, -0.05) is 17.7 Å². The maximum atomic E-state index is 12.7. The maximum Gasteiger partial charge on any atom is 0.286 e. The molecule has 1 aromatic carbocycles. The van der Waals surface area contributed by atoms with Gasteiger partial charge in [0.15, 0.2) is 0 Å². The second-order valence-electron chi connectivity index (χ2n) is 6.43. The Morgan fingerprint density at radius 2 is 2.08 bits per heavy atom. The van der Waals surface area contributed by atoms with Crippen LogP contribution < -0.4 is 5.56 Å². The van der Waals surface area contributed by atoms with E-state index in [4.69, 9.17) is 0 Å². The minimum absolute atomic E-state index is 0.0801. The number of rotatable bonds is 3. The van der Waals surface area contributed by atoms with E-state index in [9.17, 15) is 9.59 Å². The molecule has 3 heterocycles. The van der Waals surface area contributed by atoms with Crippen molar-refractivity contribution >= 4 is 23.4 Å². The molecule has 1 saturated heterocycles. The highest BCUT2D eigenvalue weighted by Gasteiger charge is 2.26. The van der Waals surface area contributed by atoms with Crippen LogP contribution in [0.1, 0.15) is 28.8 Å². The van der Waals surface area contributed by atoms with Gasteiger partial charge in [-0.2, -0.15) is 4.52 Å². The zero-order chi connectivity index (χ0) is 18.1. The van der Waals surface area contributed by atoms with Gasteiger partial charge in [0.1, 0.15) is 11.9 Å². The van der Waals surface area contributed by atoms with Crippen molar-refractivity contribution in [1.29, 1.82) is 0 Å². The molecule has 1 amide bonds. The molecule has 7 nitrogen and oxygen atoms in total. The van der Waals surface area contributed by atoms with Crippen LogP contribution in [0.4, 0.5) is 0 Å². The van der Waals surface area contributed by atoms with Gasteiger partial charge in [0.2, 0.25) is 0 Å². The molecule has 2 aromatic heterocycles. The number of likely N-dealkylation sites (tertiary alicyclic amines) is 1. The fraction of sp³-hybridized carbons (Fsp3) is 0.333. The van der Waals surface area contributed by atoms with Crippen molar-refractivity contribution in [2.75, 3.05) is 13.1 Å². The molecule has 134 valence electrons. The van der Waals surface area contributed by atoms with Gasteiger partial charge in [-0.3, -0.25) is 14.7 Å². The molecule has 1 aliphatic rings. The number of nitrogens with zero attached hydrogens (tertiary/aromatic N) is 4. The Morgan fingerprint density at radius 3 is 2.85 bits per heavy atom. The van der Waals surface area contributed by atoms with E-state index < -0.39 is 5.56 Å². The Bertz CT molecular complexity index is 1000. The van der Waals surface area contributed by atoms with Gasteiger partial charge in [0.05, 0.1) is 0 Å².